The van der Waals surface area contributed by atoms with Crippen molar-refractivity contribution in [1.29, 1.82) is 0 Å². The molecule has 0 saturated heterocycles. The van der Waals surface area contributed by atoms with E-state index < -0.39 is 0 Å². The van der Waals surface area contributed by atoms with E-state index in [1.165, 1.54) is 6.42 Å². The topological polar surface area (TPSA) is 67.1 Å². The van der Waals surface area contributed by atoms with Crippen LogP contribution in [0.4, 0.5) is 0 Å². The lowest BCUT2D eigenvalue weighted by Crippen LogP contribution is -2.39. The zero-order chi connectivity index (χ0) is 15.7. The van der Waals surface area contributed by atoms with E-state index in [1.54, 1.807) is 13.4 Å². The van der Waals surface area contributed by atoms with Crippen molar-refractivity contribution in [2.75, 3.05) is 20.1 Å². The maximum Gasteiger partial charge on any atom is 0.191 e. The minimum Gasteiger partial charge on any atom is -0.356 e. The first-order valence-corrected chi connectivity index (χ1v) is 7.77. The van der Waals surface area contributed by atoms with Crippen LogP contribution in [0, 0.1) is 5.41 Å². The second-order valence-electron chi connectivity index (χ2n) is 6.38. The van der Waals surface area contributed by atoms with Crippen molar-refractivity contribution >= 4 is 5.96 Å². The van der Waals surface area contributed by atoms with Crippen LogP contribution < -0.4 is 10.6 Å². The standard InChI is InChI=1S/C15H30N6/c1-6-13-20-19-12-21(13)11-10-18-14(16-5)17-9-7-8-15(2,3)4/h12H,6-11H2,1-5H3,(H2,16,17,18). The first-order chi connectivity index (χ1) is 9.96. The monoisotopic (exact) mass is 294 g/mol. The minimum absolute atomic E-state index is 0.392. The molecule has 0 aliphatic rings. The van der Waals surface area contributed by atoms with Crippen molar-refractivity contribution in [3.8, 4) is 0 Å². The third kappa shape index (κ3) is 7.11. The van der Waals surface area contributed by atoms with E-state index in [0.717, 1.165) is 44.3 Å². The number of aromatic nitrogens is 3. The first-order valence-electron chi connectivity index (χ1n) is 7.77. The van der Waals surface area contributed by atoms with Crippen LogP contribution in [0.3, 0.4) is 0 Å². The van der Waals surface area contributed by atoms with Crippen LogP contribution >= 0.6 is 0 Å². The third-order valence-electron chi connectivity index (χ3n) is 3.28. The van der Waals surface area contributed by atoms with Gasteiger partial charge in [0.2, 0.25) is 0 Å². The normalized spacial score (nSPS) is 12.5. The van der Waals surface area contributed by atoms with Gasteiger partial charge in [0.25, 0.3) is 0 Å². The average molecular weight is 294 g/mol. The SMILES string of the molecule is CCc1nncn1CCNC(=NC)NCCCC(C)(C)C. The molecule has 6 heteroatoms. The van der Waals surface area contributed by atoms with Gasteiger partial charge in [-0.1, -0.05) is 27.7 Å². The van der Waals surface area contributed by atoms with Gasteiger partial charge in [-0.05, 0) is 18.3 Å². The van der Waals surface area contributed by atoms with Gasteiger partial charge in [-0.15, -0.1) is 10.2 Å². The van der Waals surface area contributed by atoms with Crippen molar-refractivity contribution in [2.45, 2.75) is 53.5 Å². The lowest BCUT2D eigenvalue weighted by Gasteiger charge is -2.18. The Morgan fingerprint density at radius 3 is 2.62 bits per heavy atom. The molecular weight excluding hydrogens is 264 g/mol. The molecule has 0 radical (unpaired) electrons. The molecule has 0 saturated carbocycles. The molecular formula is C15H30N6. The molecule has 1 heterocycles. The van der Waals surface area contributed by atoms with E-state index >= 15 is 0 Å². The summed E-state index contributed by atoms with van der Waals surface area (Å²) in [5.74, 6) is 1.87. The van der Waals surface area contributed by atoms with Crippen molar-refractivity contribution < 1.29 is 0 Å². The summed E-state index contributed by atoms with van der Waals surface area (Å²) < 4.78 is 2.07. The number of guanidine groups is 1. The molecule has 0 bridgehead atoms. The average Bonchev–Trinajstić information content (AvgIpc) is 2.87. The van der Waals surface area contributed by atoms with Crippen molar-refractivity contribution in [2.24, 2.45) is 10.4 Å². The zero-order valence-electron chi connectivity index (χ0n) is 14.1. The lowest BCUT2D eigenvalue weighted by atomic mass is 9.91. The Labute approximate surface area is 128 Å². The summed E-state index contributed by atoms with van der Waals surface area (Å²) in [7, 11) is 1.80. The van der Waals surface area contributed by atoms with E-state index in [4.69, 9.17) is 0 Å². The van der Waals surface area contributed by atoms with Crippen LogP contribution in [0.5, 0.6) is 0 Å². The molecule has 0 unspecified atom stereocenters. The fourth-order valence-corrected chi connectivity index (χ4v) is 2.08. The number of rotatable bonds is 7. The molecule has 0 fully saturated rings. The van der Waals surface area contributed by atoms with Gasteiger partial charge in [0.05, 0.1) is 0 Å². The number of nitrogens with one attached hydrogen (secondary N) is 2. The smallest absolute Gasteiger partial charge is 0.191 e. The molecule has 0 amide bonds. The Morgan fingerprint density at radius 2 is 2.00 bits per heavy atom. The van der Waals surface area contributed by atoms with Crippen LogP contribution in [0.1, 0.15) is 46.4 Å². The Kier molecular flexibility index (Phi) is 7.19. The molecule has 21 heavy (non-hydrogen) atoms. The number of nitrogens with zero attached hydrogens (tertiary/aromatic N) is 4. The number of aryl methyl sites for hydroxylation is 1. The fraction of sp³-hybridized carbons (Fsp3) is 0.800. The largest absolute Gasteiger partial charge is 0.356 e. The Balaban J connectivity index is 2.23. The van der Waals surface area contributed by atoms with Gasteiger partial charge in [-0.3, -0.25) is 4.99 Å². The summed E-state index contributed by atoms with van der Waals surface area (Å²) in [6, 6.07) is 0. The highest BCUT2D eigenvalue weighted by Gasteiger charge is 2.09. The van der Waals surface area contributed by atoms with Gasteiger partial charge >= 0.3 is 0 Å². The molecule has 0 aliphatic carbocycles. The Morgan fingerprint density at radius 1 is 1.29 bits per heavy atom. The Bertz CT molecular complexity index is 430. The molecule has 1 aromatic rings. The van der Waals surface area contributed by atoms with Gasteiger partial charge in [0.1, 0.15) is 12.2 Å². The zero-order valence-corrected chi connectivity index (χ0v) is 14.1. The fourth-order valence-electron chi connectivity index (χ4n) is 2.08. The van der Waals surface area contributed by atoms with E-state index in [-0.39, 0.29) is 0 Å². The maximum atomic E-state index is 4.24. The number of hydrogen-bond acceptors (Lipinski definition) is 3. The van der Waals surface area contributed by atoms with Crippen molar-refractivity contribution in [3.63, 3.8) is 0 Å². The molecule has 1 aromatic heterocycles. The van der Waals surface area contributed by atoms with Gasteiger partial charge in [0, 0.05) is 33.1 Å². The first kappa shape index (κ1) is 17.5. The molecule has 0 aromatic carbocycles. The second-order valence-corrected chi connectivity index (χ2v) is 6.38. The van der Waals surface area contributed by atoms with Crippen LogP contribution in [0.25, 0.3) is 0 Å². The number of aliphatic imine (C=N–C) groups is 1. The Hall–Kier alpha value is -1.59. The second kappa shape index (κ2) is 8.64. The molecule has 1 rings (SSSR count). The summed E-state index contributed by atoms with van der Waals surface area (Å²) in [6.07, 6.45) is 5.03. The van der Waals surface area contributed by atoms with Crippen LogP contribution in [-0.4, -0.2) is 40.9 Å². The predicted octanol–water partition coefficient (Wildman–Crippen LogP) is 1.83. The predicted molar refractivity (Wildman–Crippen MR) is 87.5 cm³/mol. The summed E-state index contributed by atoms with van der Waals surface area (Å²) in [5, 5.41) is 14.7. The van der Waals surface area contributed by atoms with Crippen molar-refractivity contribution in [3.05, 3.63) is 12.2 Å². The summed E-state index contributed by atoms with van der Waals surface area (Å²) in [4.78, 5) is 4.24. The summed E-state index contributed by atoms with van der Waals surface area (Å²) in [6.45, 7) is 11.5. The van der Waals surface area contributed by atoms with Crippen LogP contribution in [0.15, 0.2) is 11.3 Å². The summed E-state index contributed by atoms with van der Waals surface area (Å²) >= 11 is 0. The lowest BCUT2D eigenvalue weighted by molar-refractivity contribution is 0.365. The van der Waals surface area contributed by atoms with E-state index in [2.05, 4.69) is 58.1 Å². The van der Waals surface area contributed by atoms with Crippen LogP contribution in [0.2, 0.25) is 0 Å². The summed E-state index contributed by atoms with van der Waals surface area (Å²) in [5.41, 5.74) is 0.392. The maximum absolute atomic E-state index is 4.24. The highest BCUT2D eigenvalue weighted by atomic mass is 15.3. The van der Waals surface area contributed by atoms with E-state index in [9.17, 15) is 0 Å². The van der Waals surface area contributed by atoms with Gasteiger partial charge in [-0.25, -0.2) is 0 Å². The van der Waals surface area contributed by atoms with Crippen molar-refractivity contribution in [1.82, 2.24) is 25.4 Å². The highest BCUT2D eigenvalue weighted by Crippen LogP contribution is 2.19. The van der Waals surface area contributed by atoms with Gasteiger partial charge in [-0.2, -0.15) is 0 Å². The molecule has 0 aliphatic heterocycles. The molecule has 0 atom stereocenters. The quantitative estimate of drug-likeness (QED) is 0.457. The van der Waals surface area contributed by atoms with Gasteiger partial charge < -0.3 is 15.2 Å². The molecule has 6 nitrogen and oxygen atoms in total. The van der Waals surface area contributed by atoms with E-state index in [0.29, 0.717) is 5.41 Å². The third-order valence-corrected chi connectivity index (χ3v) is 3.28. The van der Waals surface area contributed by atoms with E-state index in [1.807, 2.05) is 0 Å². The molecule has 2 N–H and O–H groups in total. The molecule has 120 valence electrons. The van der Waals surface area contributed by atoms with Gasteiger partial charge in [0.15, 0.2) is 5.96 Å². The highest BCUT2D eigenvalue weighted by molar-refractivity contribution is 5.79. The molecule has 0 spiro atoms. The number of hydrogen-bond donors (Lipinski definition) is 2. The minimum atomic E-state index is 0.392. The van der Waals surface area contributed by atoms with Crippen LogP contribution in [-0.2, 0) is 13.0 Å².